The third-order valence-electron chi connectivity index (χ3n) is 5.02. The highest BCUT2D eigenvalue weighted by molar-refractivity contribution is 6.01. The molecule has 2 aromatic rings. The molecular formula is C25H22. The topological polar surface area (TPSA) is 0 Å². The van der Waals surface area contributed by atoms with Gasteiger partial charge in [-0.2, -0.15) is 0 Å². The fourth-order valence-electron chi connectivity index (χ4n) is 3.65. The van der Waals surface area contributed by atoms with E-state index in [9.17, 15) is 0 Å². The standard InChI is InChI=1S/C25H22/c1-17-9-13-20(14-10-17)24-19(3)22-7-5-4-6-8-23(22)25(24)21-15-11-18(2)12-16-21/h4-16H,1-3H3. The van der Waals surface area contributed by atoms with Crippen LogP contribution in [0.4, 0.5) is 0 Å². The van der Waals surface area contributed by atoms with Gasteiger partial charge in [0.15, 0.2) is 0 Å². The van der Waals surface area contributed by atoms with E-state index in [4.69, 9.17) is 0 Å². The second kappa shape index (κ2) is 6.22. The molecule has 25 heavy (non-hydrogen) atoms. The predicted octanol–water partition coefficient (Wildman–Crippen LogP) is 7.05. The molecule has 2 aliphatic rings. The molecule has 2 aromatic carbocycles. The molecule has 0 saturated carbocycles. The van der Waals surface area contributed by atoms with E-state index in [0.717, 1.165) is 0 Å². The summed E-state index contributed by atoms with van der Waals surface area (Å²) in [6.07, 6.45) is 0. The first kappa shape index (κ1) is 15.7. The van der Waals surface area contributed by atoms with Gasteiger partial charge in [0, 0.05) is 0 Å². The number of rotatable bonds is 2. The van der Waals surface area contributed by atoms with Crippen LogP contribution in [-0.2, 0) is 0 Å². The maximum atomic E-state index is 2.25. The van der Waals surface area contributed by atoms with E-state index in [2.05, 4.69) is 99.6 Å². The lowest BCUT2D eigenvalue weighted by molar-refractivity contribution is 1.45. The van der Waals surface area contributed by atoms with E-state index in [-0.39, 0.29) is 0 Å². The maximum absolute atomic E-state index is 2.25. The van der Waals surface area contributed by atoms with Gasteiger partial charge in [0.1, 0.15) is 0 Å². The Labute approximate surface area is 150 Å². The number of benzene rings is 2. The Bertz CT molecular complexity index is 989. The van der Waals surface area contributed by atoms with E-state index in [1.165, 1.54) is 50.1 Å². The van der Waals surface area contributed by atoms with Crippen LogP contribution in [0.15, 0.2) is 78.9 Å². The number of hydrogen-bond acceptors (Lipinski definition) is 0. The Morgan fingerprint density at radius 1 is 0.440 bits per heavy atom. The van der Waals surface area contributed by atoms with E-state index in [1.54, 1.807) is 0 Å². The molecule has 122 valence electrons. The molecule has 0 fully saturated rings. The summed E-state index contributed by atoms with van der Waals surface area (Å²) in [6, 6.07) is 28.6. The molecule has 0 aliphatic heterocycles. The average Bonchev–Trinajstić information content (AvgIpc) is 2.78. The largest absolute Gasteiger partial charge is 0.0622 e. The monoisotopic (exact) mass is 322 g/mol. The van der Waals surface area contributed by atoms with Gasteiger partial charge >= 0.3 is 0 Å². The second-order valence-electron chi connectivity index (χ2n) is 6.85. The predicted molar refractivity (Wildman–Crippen MR) is 108 cm³/mol. The molecule has 0 spiro atoms. The molecule has 0 heterocycles. The van der Waals surface area contributed by atoms with Gasteiger partial charge < -0.3 is 0 Å². The minimum Gasteiger partial charge on any atom is -0.0622 e. The van der Waals surface area contributed by atoms with Crippen LogP contribution in [0.1, 0.15) is 16.7 Å². The summed E-state index contributed by atoms with van der Waals surface area (Å²) < 4.78 is 0. The van der Waals surface area contributed by atoms with E-state index < -0.39 is 0 Å². The van der Waals surface area contributed by atoms with E-state index in [1.807, 2.05) is 0 Å². The first-order valence-electron chi connectivity index (χ1n) is 8.80. The minimum absolute atomic E-state index is 1.28. The molecule has 0 bridgehead atoms. The van der Waals surface area contributed by atoms with Crippen LogP contribution in [0.25, 0.3) is 33.4 Å². The molecule has 0 radical (unpaired) electrons. The van der Waals surface area contributed by atoms with E-state index in [0.29, 0.717) is 0 Å². The van der Waals surface area contributed by atoms with Crippen molar-refractivity contribution in [3.05, 3.63) is 95.6 Å². The molecule has 0 N–H and O–H groups in total. The lowest BCUT2D eigenvalue weighted by Gasteiger charge is -2.09. The van der Waals surface area contributed by atoms with Crippen molar-refractivity contribution in [3.8, 4) is 33.4 Å². The summed E-state index contributed by atoms with van der Waals surface area (Å²) in [5.74, 6) is 0. The molecule has 2 aliphatic carbocycles. The Kier molecular flexibility index (Phi) is 3.89. The zero-order chi connectivity index (χ0) is 17.4. The molecule has 0 saturated heterocycles. The van der Waals surface area contributed by atoms with Gasteiger partial charge in [-0.05, 0) is 59.7 Å². The van der Waals surface area contributed by atoms with Crippen molar-refractivity contribution in [2.75, 3.05) is 0 Å². The smallest absolute Gasteiger partial charge is 0.00238 e. The van der Waals surface area contributed by atoms with E-state index >= 15 is 0 Å². The molecule has 0 aromatic heterocycles. The van der Waals surface area contributed by atoms with Crippen molar-refractivity contribution >= 4 is 0 Å². The van der Waals surface area contributed by atoms with Crippen LogP contribution in [0.2, 0.25) is 0 Å². The van der Waals surface area contributed by atoms with Gasteiger partial charge in [-0.15, -0.1) is 0 Å². The van der Waals surface area contributed by atoms with Crippen molar-refractivity contribution < 1.29 is 0 Å². The van der Waals surface area contributed by atoms with Crippen molar-refractivity contribution in [2.24, 2.45) is 0 Å². The fraction of sp³-hybridized carbons (Fsp3) is 0.120. The lowest BCUT2D eigenvalue weighted by atomic mass is 9.94. The van der Waals surface area contributed by atoms with Gasteiger partial charge in [-0.25, -0.2) is 0 Å². The van der Waals surface area contributed by atoms with Crippen LogP contribution in [0.5, 0.6) is 0 Å². The highest BCUT2D eigenvalue weighted by Gasteiger charge is 2.21. The van der Waals surface area contributed by atoms with Crippen LogP contribution >= 0.6 is 0 Å². The summed E-state index contributed by atoms with van der Waals surface area (Å²) in [6.45, 7) is 6.52. The third kappa shape index (κ3) is 2.74. The number of aryl methyl sites for hydroxylation is 2. The van der Waals surface area contributed by atoms with Crippen LogP contribution in [0.3, 0.4) is 0 Å². The van der Waals surface area contributed by atoms with Gasteiger partial charge in [0.05, 0.1) is 0 Å². The maximum Gasteiger partial charge on any atom is -0.00238 e. The molecule has 4 rings (SSSR count). The average molecular weight is 322 g/mol. The zero-order valence-electron chi connectivity index (χ0n) is 15.0. The van der Waals surface area contributed by atoms with Crippen molar-refractivity contribution in [1.82, 2.24) is 0 Å². The van der Waals surface area contributed by atoms with Gasteiger partial charge in [0.25, 0.3) is 0 Å². The highest BCUT2D eigenvalue weighted by atomic mass is 14.2. The molecule has 0 amide bonds. The molecule has 0 atom stereocenters. The number of hydrogen-bond donors (Lipinski definition) is 0. The van der Waals surface area contributed by atoms with Crippen LogP contribution < -0.4 is 0 Å². The Hall–Kier alpha value is -2.86. The summed E-state index contributed by atoms with van der Waals surface area (Å²) in [4.78, 5) is 0. The normalized spacial score (nSPS) is 11.0. The zero-order valence-corrected chi connectivity index (χ0v) is 15.0. The summed E-state index contributed by atoms with van der Waals surface area (Å²) in [5, 5.41) is 0. The molecule has 0 nitrogen and oxygen atoms in total. The van der Waals surface area contributed by atoms with Crippen molar-refractivity contribution in [1.29, 1.82) is 0 Å². The first-order valence-corrected chi connectivity index (χ1v) is 8.80. The van der Waals surface area contributed by atoms with Gasteiger partial charge in [-0.1, -0.05) is 90.0 Å². The third-order valence-corrected chi connectivity index (χ3v) is 5.02. The Morgan fingerprint density at radius 2 is 0.920 bits per heavy atom. The Morgan fingerprint density at radius 3 is 1.48 bits per heavy atom. The van der Waals surface area contributed by atoms with Crippen LogP contribution in [-0.4, -0.2) is 0 Å². The molecule has 0 unspecified atom stereocenters. The fourth-order valence-corrected chi connectivity index (χ4v) is 3.65. The van der Waals surface area contributed by atoms with Crippen molar-refractivity contribution in [3.63, 3.8) is 0 Å². The second-order valence-corrected chi connectivity index (χ2v) is 6.85. The number of fused-ring (bicyclic) bond motifs is 1. The van der Waals surface area contributed by atoms with Crippen LogP contribution in [0, 0.1) is 20.8 Å². The Balaban J connectivity index is 2.08. The van der Waals surface area contributed by atoms with Crippen molar-refractivity contribution in [2.45, 2.75) is 20.8 Å². The first-order chi connectivity index (χ1) is 12.1. The molecular weight excluding hydrogens is 300 g/mol. The lowest BCUT2D eigenvalue weighted by Crippen LogP contribution is -1.84. The minimum atomic E-state index is 1.28. The highest BCUT2D eigenvalue weighted by Crippen LogP contribution is 2.47. The quantitative estimate of drug-likeness (QED) is 0.371. The van der Waals surface area contributed by atoms with Gasteiger partial charge in [-0.3, -0.25) is 0 Å². The van der Waals surface area contributed by atoms with Gasteiger partial charge in [0.2, 0.25) is 0 Å². The summed E-state index contributed by atoms with van der Waals surface area (Å²) in [5.41, 5.74) is 11.9. The summed E-state index contributed by atoms with van der Waals surface area (Å²) >= 11 is 0. The summed E-state index contributed by atoms with van der Waals surface area (Å²) in [7, 11) is 0. The molecule has 0 heteroatoms. The SMILES string of the molecule is Cc1ccc(-c2c3cccccc-3c(C)c2-c2ccc(C)cc2)cc1.